The number of likely N-dealkylation sites (N-methyl/N-ethyl adjacent to an activating group) is 1. The van der Waals surface area contributed by atoms with E-state index >= 15 is 0 Å². The van der Waals surface area contributed by atoms with Crippen LogP contribution in [0.1, 0.15) is 43.7 Å². The third-order valence-corrected chi connectivity index (χ3v) is 7.20. The van der Waals surface area contributed by atoms with E-state index in [1.165, 1.54) is 39.2 Å². The number of thioether (sulfide) groups is 1. The van der Waals surface area contributed by atoms with Crippen LogP contribution in [0, 0.1) is 0 Å². The van der Waals surface area contributed by atoms with Gasteiger partial charge < -0.3 is 5.32 Å². The van der Waals surface area contributed by atoms with Crippen LogP contribution in [0.2, 0.25) is 0 Å². The second-order valence-electron chi connectivity index (χ2n) is 6.51. The summed E-state index contributed by atoms with van der Waals surface area (Å²) in [6.07, 6.45) is 7.60. The number of benzene rings is 1. The lowest BCUT2D eigenvalue weighted by molar-refractivity contribution is -0.124. The van der Waals surface area contributed by atoms with Crippen molar-refractivity contribution in [1.82, 2.24) is 9.62 Å². The largest absolute Gasteiger partial charge is 0.354 e. The maximum Gasteiger partial charge on any atom is 0.243 e. The van der Waals surface area contributed by atoms with Crippen molar-refractivity contribution in [2.45, 2.75) is 43.4 Å². The number of nitrogens with one attached hydrogen (secondary N) is 1. The Bertz CT molecular complexity index is 644. The molecule has 0 spiro atoms. The van der Waals surface area contributed by atoms with Gasteiger partial charge in [0, 0.05) is 24.6 Å². The first-order valence-electron chi connectivity index (χ1n) is 8.77. The zero-order valence-corrected chi connectivity index (χ0v) is 16.6. The summed E-state index contributed by atoms with van der Waals surface area (Å²) in [6.45, 7) is 0.556. The van der Waals surface area contributed by atoms with Gasteiger partial charge in [-0.05, 0) is 18.4 Å². The Hall–Kier alpha value is -1.05. The first-order chi connectivity index (χ1) is 11.9. The molecule has 140 valence electrons. The normalized spacial score (nSPS) is 17.4. The van der Waals surface area contributed by atoms with Gasteiger partial charge in [-0.2, -0.15) is 16.1 Å². The lowest BCUT2D eigenvalue weighted by Gasteiger charge is -2.26. The number of sulfonamides is 1. The monoisotopic (exact) mass is 384 g/mol. The van der Waals surface area contributed by atoms with E-state index in [9.17, 15) is 13.2 Å². The second-order valence-corrected chi connectivity index (χ2v) is 9.96. The Morgan fingerprint density at radius 2 is 1.88 bits per heavy atom. The van der Waals surface area contributed by atoms with Crippen LogP contribution in [-0.2, 0) is 14.8 Å². The number of carbonyl (C=O) groups is 1. The van der Waals surface area contributed by atoms with Crippen molar-refractivity contribution < 1.29 is 13.2 Å². The molecule has 0 heterocycles. The molecule has 1 fully saturated rings. The highest BCUT2D eigenvalue weighted by molar-refractivity contribution is 7.99. The van der Waals surface area contributed by atoms with Gasteiger partial charge in [0.25, 0.3) is 0 Å². The van der Waals surface area contributed by atoms with Crippen LogP contribution >= 0.6 is 11.8 Å². The number of hydrogen-bond donors (Lipinski definition) is 1. The smallest absolute Gasteiger partial charge is 0.243 e. The maximum atomic E-state index is 12.7. The molecule has 1 aromatic carbocycles. The number of nitrogens with zero attached hydrogens (tertiary/aromatic N) is 1. The molecule has 2 rings (SSSR count). The average molecular weight is 385 g/mol. The minimum absolute atomic E-state index is 0.275. The third kappa shape index (κ3) is 6.31. The van der Waals surface area contributed by atoms with E-state index in [1.807, 2.05) is 30.0 Å². The van der Waals surface area contributed by atoms with Crippen molar-refractivity contribution in [1.29, 1.82) is 0 Å². The molecule has 1 unspecified atom stereocenters. The van der Waals surface area contributed by atoms with Gasteiger partial charge in [-0.25, -0.2) is 8.42 Å². The molecule has 7 heteroatoms. The van der Waals surface area contributed by atoms with Crippen LogP contribution < -0.4 is 5.32 Å². The maximum absolute atomic E-state index is 12.7. The SMILES string of the molecule is CN(C(C(=O)NCCSC1CCCCC1)c1ccccc1)S(C)(=O)=O. The van der Waals surface area contributed by atoms with E-state index < -0.39 is 16.1 Å². The Balaban J connectivity index is 1.93. The van der Waals surface area contributed by atoms with Gasteiger partial charge in [0.05, 0.1) is 6.26 Å². The van der Waals surface area contributed by atoms with E-state index in [4.69, 9.17) is 0 Å². The highest BCUT2D eigenvalue weighted by Gasteiger charge is 2.30. The fourth-order valence-electron chi connectivity index (χ4n) is 3.08. The molecule has 1 saturated carbocycles. The molecule has 5 nitrogen and oxygen atoms in total. The van der Waals surface area contributed by atoms with Crippen molar-refractivity contribution in [2.24, 2.45) is 0 Å². The number of carbonyl (C=O) groups excluding carboxylic acids is 1. The molecule has 1 N–H and O–H groups in total. The first-order valence-corrected chi connectivity index (χ1v) is 11.7. The average Bonchev–Trinajstić information content (AvgIpc) is 2.60. The minimum Gasteiger partial charge on any atom is -0.354 e. The zero-order valence-electron chi connectivity index (χ0n) is 15.0. The molecule has 0 aliphatic heterocycles. The van der Waals surface area contributed by atoms with Crippen LogP contribution in [0.4, 0.5) is 0 Å². The number of hydrogen-bond acceptors (Lipinski definition) is 4. The van der Waals surface area contributed by atoms with Gasteiger partial charge in [-0.1, -0.05) is 49.6 Å². The quantitative estimate of drug-likeness (QED) is 0.700. The molecule has 0 saturated heterocycles. The van der Waals surface area contributed by atoms with Gasteiger partial charge in [-0.15, -0.1) is 0 Å². The van der Waals surface area contributed by atoms with Gasteiger partial charge in [0.15, 0.2) is 0 Å². The number of amides is 1. The van der Waals surface area contributed by atoms with Crippen molar-refractivity contribution in [3.63, 3.8) is 0 Å². The lowest BCUT2D eigenvalue weighted by atomic mass is 10.0. The molecular weight excluding hydrogens is 356 g/mol. The van der Waals surface area contributed by atoms with E-state index in [0.29, 0.717) is 17.4 Å². The second kappa shape index (κ2) is 9.59. The molecule has 0 bridgehead atoms. The van der Waals surface area contributed by atoms with E-state index in [-0.39, 0.29) is 5.91 Å². The van der Waals surface area contributed by atoms with Crippen molar-refractivity contribution in [2.75, 3.05) is 25.6 Å². The molecule has 0 radical (unpaired) electrons. The Morgan fingerprint density at radius 3 is 2.48 bits per heavy atom. The Morgan fingerprint density at radius 1 is 1.24 bits per heavy atom. The highest BCUT2D eigenvalue weighted by atomic mass is 32.2. The van der Waals surface area contributed by atoms with Crippen molar-refractivity contribution in [3.8, 4) is 0 Å². The van der Waals surface area contributed by atoms with Crippen molar-refractivity contribution in [3.05, 3.63) is 35.9 Å². The van der Waals surface area contributed by atoms with Gasteiger partial charge in [0.2, 0.25) is 15.9 Å². The predicted molar refractivity (Wildman–Crippen MR) is 104 cm³/mol. The summed E-state index contributed by atoms with van der Waals surface area (Å²) in [4.78, 5) is 12.7. The molecule has 25 heavy (non-hydrogen) atoms. The summed E-state index contributed by atoms with van der Waals surface area (Å²) in [7, 11) is -2.03. The molecule has 0 aromatic heterocycles. The fraction of sp³-hybridized carbons (Fsp3) is 0.611. The van der Waals surface area contributed by atoms with E-state index in [2.05, 4.69) is 5.32 Å². The standard InChI is InChI=1S/C18H28N2O3S2/c1-20(25(2,22)23)17(15-9-5-3-6-10-15)18(21)19-13-14-24-16-11-7-4-8-12-16/h3,5-6,9-10,16-17H,4,7-8,11-14H2,1-2H3,(H,19,21). The van der Waals surface area contributed by atoms with Crippen molar-refractivity contribution >= 4 is 27.7 Å². The minimum atomic E-state index is -3.48. The van der Waals surface area contributed by atoms with Crippen LogP contribution in [0.5, 0.6) is 0 Å². The topological polar surface area (TPSA) is 66.5 Å². The Kier molecular flexibility index (Phi) is 7.78. The lowest BCUT2D eigenvalue weighted by Crippen LogP contribution is -2.41. The highest BCUT2D eigenvalue weighted by Crippen LogP contribution is 2.28. The van der Waals surface area contributed by atoms with E-state index in [1.54, 1.807) is 12.1 Å². The summed E-state index contributed by atoms with van der Waals surface area (Å²) in [6, 6.07) is 8.19. The van der Waals surface area contributed by atoms with Crippen LogP contribution in [-0.4, -0.2) is 49.5 Å². The van der Waals surface area contributed by atoms with Crippen LogP contribution in [0.3, 0.4) is 0 Å². The number of rotatable bonds is 8. The van der Waals surface area contributed by atoms with Gasteiger partial charge in [-0.3, -0.25) is 4.79 Å². The van der Waals surface area contributed by atoms with Gasteiger partial charge >= 0.3 is 0 Å². The summed E-state index contributed by atoms with van der Waals surface area (Å²) in [5.41, 5.74) is 0.674. The summed E-state index contributed by atoms with van der Waals surface area (Å²) >= 11 is 1.91. The summed E-state index contributed by atoms with van der Waals surface area (Å²) in [5.74, 6) is 0.587. The Labute approximate surface area is 155 Å². The molecular formula is C18H28N2O3S2. The first kappa shape index (κ1) is 20.3. The van der Waals surface area contributed by atoms with E-state index in [0.717, 1.165) is 16.3 Å². The van der Waals surface area contributed by atoms with Crippen LogP contribution in [0.15, 0.2) is 30.3 Å². The molecule has 1 aliphatic carbocycles. The molecule has 1 atom stereocenters. The predicted octanol–water partition coefficient (Wildman–Crippen LogP) is 2.80. The summed E-state index contributed by atoms with van der Waals surface area (Å²) in [5, 5.41) is 3.61. The van der Waals surface area contributed by atoms with Gasteiger partial charge in [0.1, 0.15) is 6.04 Å². The fourth-order valence-corrected chi connectivity index (χ4v) is 4.90. The molecule has 1 amide bonds. The molecule has 1 aliphatic rings. The summed E-state index contributed by atoms with van der Waals surface area (Å²) < 4.78 is 25.0. The van der Waals surface area contributed by atoms with Crippen LogP contribution in [0.25, 0.3) is 0 Å². The third-order valence-electron chi connectivity index (χ3n) is 4.56. The zero-order chi connectivity index (χ0) is 18.3. The molecule has 1 aromatic rings.